The number of aromatic nitrogens is 1. The molecule has 1 N–H and O–H groups in total. The Bertz CT molecular complexity index is 1290. The molecule has 0 saturated heterocycles. The Kier molecular flexibility index (Phi) is 4.85. The number of carbonyl (C=O) groups excluding carboxylic acids is 2. The SMILES string of the molecule is Cc1ccc([N+](=O)[O-])cc1NC(=O)C(=O)c1c(-c2ccccc2)cc2ccccn12. The molecular formula is C23H17N3O4. The number of nitro benzene ring substituents is 1. The first kappa shape index (κ1) is 19.1. The van der Waals surface area contributed by atoms with Gasteiger partial charge in [-0.25, -0.2) is 0 Å². The van der Waals surface area contributed by atoms with Crippen LogP contribution in [0.2, 0.25) is 0 Å². The maximum atomic E-state index is 13.2. The minimum absolute atomic E-state index is 0.165. The molecule has 0 atom stereocenters. The molecule has 2 heterocycles. The summed E-state index contributed by atoms with van der Waals surface area (Å²) >= 11 is 0. The van der Waals surface area contributed by atoms with Crippen molar-refractivity contribution in [3.05, 3.63) is 100 Å². The molecule has 2 aromatic heterocycles. The van der Waals surface area contributed by atoms with Gasteiger partial charge in [0, 0.05) is 29.4 Å². The molecular weight excluding hydrogens is 382 g/mol. The molecule has 0 aliphatic carbocycles. The van der Waals surface area contributed by atoms with Crippen LogP contribution < -0.4 is 5.32 Å². The Morgan fingerprint density at radius 1 is 0.967 bits per heavy atom. The van der Waals surface area contributed by atoms with Gasteiger partial charge in [-0.1, -0.05) is 42.5 Å². The van der Waals surface area contributed by atoms with E-state index >= 15 is 0 Å². The third-order valence-corrected chi connectivity index (χ3v) is 4.87. The number of nitro groups is 1. The van der Waals surface area contributed by atoms with E-state index in [0.717, 1.165) is 11.1 Å². The van der Waals surface area contributed by atoms with Crippen LogP contribution in [0.5, 0.6) is 0 Å². The zero-order valence-electron chi connectivity index (χ0n) is 16.0. The zero-order valence-corrected chi connectivity index (χ0v) is 16.0. The lowest BCUT2D eigenvalue weighted by Crippen LogP contribution is -2.25. The molecule has 2 aromatic carbocycles. The Morgan fingerprint density at radius 2 is 1.70 bits per heavy atom. The van der Waals surface area contributed by atoms with Gasteiger partial charge >= 0.3 is 0 Å². The molecule has 148 valence electrons. The van der Waals surface area contributed by atoms with Crippen LogP contribution in [0.25, 0.3) is 16.6 Å². The van der Waals surface area contributed by atoms with E-state index in [9.17, 15) is 19.7 Å². The summed E-state index contributed by atoms with van der Waals surface area (Å²) in [5, 5.41) is 13.6. The highest BCUT2D eigenvalue weighted by atomic mass is 16.6. The van der Waals surface area contributed by atoms with Crippen LogP contribution in [-0.2, 0) is 4.79 Å². The minimum atomic E-state index is -0.861. The number of fused-ring (bicyclic) bond motifs is 1. The number of hydrogen-bond acceptors (Lipinski definition) is 4. The van der Waals surface area contributed by atoms with E-state index in [1.807, 2.05) is 48.5 Å². The van der Waals surface area contributed by atoms with E-state index in [-0.39, 0.29) is 17.1 Å². The summed E-state index contributed by atoms with van der Waals surface area (Å²) in [6.45, 7) is 1.70. The van der Waals surface area contributed by atoms with Gasteiger partial charge in [-0.2, -0.15) is 0 Å². The Hall–Kier alpha value is -4.26. The third kappa shape index (κ3) is 3.44. The van der Waals surface area contributed by atoms with Crippen molar-refractivity contribution in [3.8, 4) is 11.1 Å². The third-order valence-electron chi connectivity index (χ3n) is 4.87. The maximum absolute atomic E-state index is 13.2. The van der Waals surface area contributed by atoms with Gasteiger partial charge in [0.1, 0.15) is 5.69 Å². The maximum Gasteiger partial charge on any atom is 0.298 e. The van der Waals surface area contributed by atoms with E-state index < -0.39 is 16.6 Å². The summed E-state index contributed by atoms with van der Waals surface area (Å²) in [5.74, 6) is -1.59. The summed E-state index contributed by atoms with van der Waals surface area (Å²) in [4.78, 5) is 36.5. The Balaban J connectivity index is 1.76. The second kappa shape index (κ2) is 7.63. The first-order valence-corrected chi connectivity index (χ1v) is 9.22. The lowest BCUT2D eigenvalue weighted by atomic mass is 10.0. The van der Waals surface area contributed by atoms with Crippen molar-refractivity contribution in [2.75, 3.05) is 5.32 Å². The molecule has 0 fully saturated rings. The average Bonchev–Trinajstić information content (AvgIpc) is 3.14. The van der Waals surface area contributed by atoms with Crippen LogP contribution in [-0.4, -0.2) is 21.0 Å². The largest absolute Gasteiger partial charge is 0.319 e. The van der Waals surface area contributed by atoms with E-state index in [1.165, 1.54) is 18.2 Å². The molecule has 4 rings (SSSR count). The first-order valence-electron chi connectivity index (χ1n) is 9.22. The number of rotatable bonds is 5. The van der Waals surface area contributed by atoms with Crippen molar-refractivity contribution in [2.45, 2.75) is 6.92 Å². The van der Waals surface area contributed by atoms with E-state index in [0.29, 0.717) is 11.1 Å². The molecule has 0 spiro atoms. The van der Waals surface area contributed by atoms with Crippen LogP contribution in [0.1, 0.15) is 16.1 Å². The van der Waals surface area contributed by atoms with Crippen LogP contribution in [0.4, 0.5) is 11.4 Å². The van der Waals surface area contributed by atoms with Crippen LogP contribution in [0, 0.1) is 17.0 Å². The molecule has 7 nitrogen and oxygen atoms in total. The van der Waals surface area contributed by atoms with Crippen molar-refractivity contribution in [1.82, 2.24) is 4.40 Å². The van der Waals surface area contributed by atoms with Crippen molar-refractivity contribution in [2.24, 2.45) is 0 Å². The number of benzene rings is 2. The first-order chi connectivity index (χ1) is 14.5. The predicted octanol–water partition coefficient (Wildman–Crippen LogP) is 4.64. The lowest BCUT2D eigenvalue weighted by Gasteiger charge is -2.09. The minimum Gasteiger partial charge on any atom is -0.319 e. The Labute approximate surface area is 171 Å². The monoisotopic (exact) mass is 399 g/mol. The van der Waals surface area contributed by atoms with E-state index in [2.05, 4.69) is 5.32 Å². The number of nitrogens with zero attached hydrogens (tertiary/aromatic N) is 2. The van der Waals surface area contributed by atoms with Gasteiger partial charge in [-0.15, -0.1) is 0 Å². The summed E-state index contributed by atoms with van der Waals surface area (Å²) in [6.07, 6.45) is 1.72. The fourth-order valence-electron chi connectivity index (χ4n) is 3.34. The number of anilines is 1. The Morgan fingerprint density at radius 3 is 2.43 bits per heavy atom. The smallest absolute Gasteiger partial charge is 0.298 e. The van der Waals surface area contributed by atoms with Crippen LogP contribution in [0.3, 0.4) is 0 Å². The quantitative estimate of drug-likeness (QED) is 0.229. The molecule has 0 radical (unpaired) electrons. The number of nitrogens with one attached hydrogen (secondary N) is 1. The number of pyridine rings is 1. The highest BCUT2D eigenvalue weighted by Crippen LogP contribution is 2.29. The molecule has 0 bridgehead atoms. The number of carbonyl (C=O) groups is 2. The van der Waals surface area contributed by atoms with Crippen molar-refractivity contribution < 1.29 is 14.5 Å². The van der Waals surface area contributed by atoms with Gasteiger partial charge < -0.3 is 9.72 Å². The summed E-state index contributed by atoms with van der Waals surface area (Å²) in [6, 6.07) is 20.8. The molecule has 30 heavy (non-hydrogen) atoms. The number of amides is 1. The topological polar surface area (TPSA) is 93.7 Å². The summed E-state index contributed by atoms with van der Waals surface area (Å²) in [7, 11) is 0. The zero-order chi connectivity index (χ0) is 21.3. The lowest BCUT2D eigenvalue weighted by molar-refractivity contribution is -0.384. The van der Waals surface area contributed by atoms with Gasteiger partial charge in [0.25, 0.3) is 17.4 Å². The summed E-state index contributed by atoms with van der Waals surface area (Å²) < 4.78 is 1.67. The van der Waals surface area contributed by atoms with Gasteiger partial charge in [-0.3, -0.25) is 19.7 Å². The highest BCUT2D eigenvalue weighted by Gasteiger charge is 2.25. The van der Waals surface area contributed by atoms with Crippen LogP contribution in [0.15, 0.2) is 79.0 Å². The fourth-order valence-corrected chi connectivity index (χ4v) is 3.34. The second-order valence-corrected chi connectivity index (χ2v) is 6.81. The molecule has 7 heteroatoms. The molecule has 4 aromatic rings. The number of aryl methyl sites for hydroxylation is 1. The van der Waals surface area contributed by atoms with Gasteiger partial charge in [0.2, 0.25) is 0 Å². The van der Waals surface area contributed by atoms with Gasteiger partial charge in [-0.05, 0) is 36.2 Å². The molecule has 0 unspecified atom stereocenters. The number of Topliss-reactive ketones (excluding diaryl/α,β-unsaturated/α-hetero) is 1. The summed E-state index contributed by atoms with van der Waals surface area (Å²) in [5.41, 5.74) is 3.13. The fraction of sp³-hybridized carbons (Fsp3) is 0.0435. The standard InChI is InChI=1S/C23H17N3O4/c1-15-10-11-18(26(29)30)14-20(15)24-23(28)22(27)21-19(16-7-3-2-4-8-16)13-17-9-5-6-12-25(17)21/h2-14H,1H3,(H,24,28). The molecule has 0 aliphatic heterocycles. The normalized spacial score (nSPS) is 10.7. The van der Waals surface area contributed by atoms with E-state index in [1.54, 1.807) is 23.6 Å². The highest BCUT2D eigenvalue weighted by molar-refractivity contribution is 6.47. The second-order valence-electron chi connectivity index (χ2n) is 6.81. The van der Waals surface area contributed by atoms with Crippen LogP contribution >= 0.6 is 0 Å². The van der Waals surface area contributed by atoms with Crippen molar-refractivity contribution >= 4 is 28.6 Å². The average molecular weight is 399 g/mol. The molecule has 0 saturated carbocycles. The molecule has 0 aliphatic rings. The van der Waals surface area contributed by atoms with E-state index in [4.69, 9.17) is 0 Å². The number of hydrogen-bond donors (Lipinski definition) is 1. The van der Waals surface area contributed by atoms with Crippen molar-refractivity contribution in [3.63, 3.8) is 0 Å². The molecule has 1 amide bonds. The number of ketones is 1. The van der Waals surface area contributed by atoms with Gasteiger partial charge in [0.15, 0.2) is 0 Å². The van der Waals surface area contributed by atoms with Gasteiger partial charge in [0.05, 0.1) is 10.6 Å². The predicted molar refractivity (Wildman–Crippen MR) is 114 cm³/mol. The number of non-ortho nitro benzene ring substituents is 1. The van der Waals surface area contributed by atoms with Crippen molar-refractivity contribution in [1.29, 1.82) is 0 Å².